The molecule has 2 aliphatic rings. The molecule has 1 heterocycles. The van der Waals surface area contributed by atoms with Gasteiger partial charge in [-0.1, -0.05) is 12.8 Å². The summed E-state index contributed by atoms with van der Waals surface area (Å²) in [5.74, 6) is 0.944. The first-order chi connectivity index (χ1) is 9.29. The molecule has 1 aliphatic carbocycles. The molecule has 0 unspecified atom stereocenters. The molecule has 0 bridgehead atoms. The lowest BCUT2D eigenvalue weighted by molar-refractivity contribution is 0.129. The van der Waals surface area contributed by atoms with E-state index >= 15 is 0 Å². The van der Waals surface area contributed by atoms with Crippen LogP contribution in [0.5, 0.6) is 0 Å². The highest BCUT2D eigenvalue weighted by Crippen LogP contribution is 2.28. The second kappa shape index (κ2) is 8.23. The molecule has 0 radical (unpaired) electrons. The van der Waals surface area contributed by atoms with E-state index in [-0.39, 0.29) is 0 Å². The minimum Gasteiger partial charge on any atom is -0.383 e. The standard InChI is InChI=1S/C16H32N2O/c1-14(13-19-2)17-10-7-15-8-11-18(12-9-15)16-5-3-4-6-16/h14-17H,3-13H2,1-2H3/t14-/m0/s1. The first-order valence-corrected chi connectivity index (χ1v) is 8.26. The van der Waals surface area contributed by atoms with E-state index in [1.165, 1.54) is 58.0 Å². The van der Waals surface area contributed by atoms with E-state index in [1.807, 2.05) is 0 Å². The van der Waals surface area contributed by atoms with Gasteiger partial charge in [0.05, 0.1) is 6.61 Å². The van der Waals surface area contributed by atoms with Gasteiger partial charge in [0.15, 0.2) is 0 Å². The van der Waals surface area contributed by atoms with Crippen LogP contribution in [0.3, 0.4) is 0 Å². The topological polar surface area (TPSA) is 24.5 Å². The molecule has 3 heteroatoms. The second-order valence-electron chi connectivity index (χ2n) is 6.52. The van der Waals surface area contributed by atoms with Crippen LogP contribution in [0.1, 0.15) is 51.9 Å². The SMILES string of the molecule is COC[C@H](C)NCCC1CCN(C2CCCC2)CC1. The zero-order valence-corrected chi connectivity index (χ0v) is 12.9. The average Bonchev–Trinajstić information content (AvgIpc) is 2.94. The molecule has 1 atom stereocenters. The van der Waals surface area contributed by atoms with Gasteiger partial charge in [0.1, 0.15) is 0 Å². The molecule has 0 aromatic rings. The monoisotopic (exact) mass is 268 g/mol. The molecule has 1 saturated carbocycles. The van der Waals surface area contributed by atoms with Crippen molar-refractivity contribution in [1.29, 1.82) is 0 Å². The van der Waals surface area contributed by atoms with Gasteiger partial charge in [-0.05, 0) is 64.6 Å². The summed E-state index contributed by atoms with van der Waals surface area (Å²) >= 11 is 0. The zero-order valence-electron chi connectivity index (χ0n) is 12.9. The molecule has 0 amide bonds. The number of hydrogen-bond acceptors (Lipinski definition) is 3. The Balaban J connectivity index is 1.55. The fraction of sp³-hybridized carbons (Fsp3) is 1.00. The minimum atomic E-state index is 0.489. The summed E-state index contributed by atoms with van der Waals surface area (Å²) in [6.07, 6.45) is 10.0. The van der Waals surface area contributed by atoms with Crippen molar-refractivity contribution in [3.05, 3.63) is 0 Å². The average molecular weight is 268 g/mol. The summed E-state index contributed by atoms with van der Waals surface area (Å²) in [5, 5.41) is 3.56. The lowest BCUT2D eigenvalue weighted by Gasteiger charge is -2.36. The van der Waals surface area contributed by atoms with Gasteiger partial charge in [0, 0.05) is 19.2 Å². The van der Waals surface area contributed by atoms with Crippen molar-refractivity contribution in [2.24, 2.45) is 5.92 Å². The maximum Gasteiger partial charge on any atom is 0.0613 e. The van der Waals surface area contributed by atoms with Gasteiger partial charge in [0.2, 0.25) is 0 Å². The van der Waals surface area contributed by atoms with Crippen LogP contribution in [0.15, 0.2) is 0 Å². The van der Waals surface area contributed by atoms with Crippen molar-refractivity contribution in [2.45, 2.75) is 64.0 Å². The highest BCUT2D eigenvalue weighted by Gasteiger charge is 2.26. The zero-order chi connectivity index (χ0) is 13.5. The molecule has 3 nitrogen and oxygen atoms in total. The van der Waals surface area contributed by atoms with Gasteiger partial charge in [0.25, 0.3) is 0 Å². The third-order valence-electron chi connectivity index (χ3n) is 4.95. The number of piperidine rings is 1. The van der Waals surface area contributed by atoms with Gasteiger partial charge < -0.3 is 15.0 Å². The van der Waals surface area contributed by atoms with Crippen LogP contribution < -0.4 is 5.32 Å². The quantitative estimate of drug-likeness (QED) is 0.768. The van der Waals surface area contributed by atoms with Crippen LogP contribution in [0.25, 0.3) is 0 Å². The molecule has 19 heavy (non-hydrogen) atoms. The molecule has 1 saturated heterocycles. The summed E-state index contributed by atoms with van der Waals surface area (Å²) in [5.41, 5.74) is 0. The molecule has 112 valence electrons. The van der Waals surface area contributed by atoms with Crippen molar-refractivity contribution in [1.82, 2.24) is 10.2 Å². The van der Waals surface area contributed by atoms with E-state index in [1.54, 1.807) is 7.11 Å². The third-order valence-corrected chi connectivity index (χ3v) is 4.95. The van der Waals surface area contributed by atoms with E-state index < -0.39 is 0 Å². The lowest BCUT2D eigenvalue weighted by Crippen LogP contribution is -2.41. The van der Waals surface area contributed by atoms with Crippen molar-refractivity contribution >= 4 is 0 Å². The fourth-order valence-electron chi connectivity index (χ4n) is 3.72. The van der Waals surface area contributed by atoms with Gasteiger partial charge in [-0.15, -0.1) is 0 Å². The maximum atomic E-state index is 5.15. The Bertz CT molecular complexity index is 233. The first kappa shape index (κ1) is 15.3. The molecular weight excluding hydrogens is 236 g/mol. The predicted molar refractivity (Wildman–Crippen MR) is 80.5 cm³/mol. The molecule has 2 fully saturated rings. The van der Waals surface area contributed by atoms with Crippen LogP contribution >= 0.6 is 0 Å². The molecule has 0 aromatic carbocycles. The summed E-state index contributed by atoms with van der Waals surface area (Å²) in [7, 11) is 1.77. The number of nitrogens with zero attached hydrogens (tertiary/aromatic N) is 1. The Hall–Kier alpha value is -0.120. The van der Waals surface area contributed by atoms with E-state index in [4.69, 9.17) is 4.74 Å². The van der Waals surface area contributed by atoms with Crippen molar-refractivity contribution in [3.63, 3.8) is 0 Å². The summed E-state index contributed by atoms with van der Waals surface area (Å²) < 4.78 is 5.15. The Morgan fingerprint density at radius 1 is 1.16 bits per heavy atom. The Kier molecular flexibility index (Phi) is 6.62. The van der Waals surface area contributed by atoms with Crippen LogP contribution in [-0.2, 0) is 4.74 Å². The summed E-state index contributed by atoms with van der Waals surface area (Å²) in [6.45, 7) is 6.87. The maximum absolute atomic E-state index is 5.15. The van der Waals surface area contributed by atoms with Crippen LogP contribution in [0, 0.1) is 5.92 Å². The fourth-order valence-corrected chi connectivity index (χ4v) is 3.72. The van der Waals surface area contributed by atoms with Gasteiger partial charge in [-0.2, -0.15) is 0 Å². The molecular formula is C16H32N2O. The van der Waals surface area contributed by atoms with Crippen molar-refractivity contribution in [3.8, 4) is 0 Å². The van der Waals surface area contributed by atoms with E-state index in [9.17, 15) is 0 Å². The molecule has 1 N–H and O–H groups in total. The van der Waals surface area contributed by atoms with Crippen molar-refractivity contribution in [2.75, 3.05) is 33.4 Å². The Morgan fingerprint density at radius 2 is 1.84 bits per heavy atom. The molecule has 2 rings (SSSR count). The van der Waals surface area contributed by atoms with Gasteiger partial charge in [-0.25, -0.2) is 0 Å². The van der Waals surface area contributed by atoms with Gasteiger partial charge in [-0.3, -0.25) is 0 Å². The number of nitrogens with one attached hydrogen (secondary N) is 1. The molecule has 0 aromatic heterocycles. The normalized spacial score (nSPS) is 24.9. The highest BCUT2D eigenvalue weighted by molar-refractivity contribution is 4.82. The smallest absolute Gasteiger partial charge is 0.0613 e. The predicted octanol–water partition coefficient (Wildman–Crippen LogP) is 2.66. The van der Waals surface area contributed by atoms with Crippen LogP contribution in [0.4, 0.5) is 0 Å². The molecule has 1 aliphatic heterocycles. The first-order valence-electron chi connectivity index (χ1n) is 8.26. The van der Waals surface area contributed by atoms with E-state index in [0.29, 0.717) is 6.04 Å². The number of rotatable bonds is 7. The number of hydrogen-bond donors (Lipinski definition) is 1. The van der Waals surface area contributed by atoms with Crippen molar-refractivity contribution < 1.29 is 4.74 Å². The second-order valence-corrected chi connectivity index (χ2v) is 6.52. The van der Waals surface area contributed by atoms with E-state index in [0.717, 1.165) is 25.1 Å². The Labute approximate surface area is 119 Å². The molecule has 0 spiro atoms. The van der Waals surface area contributed by atoms with Crippen LogP contribution in [-0.4, -0.2) is 50.3 Å². The third kappa shape index (κ3) is 5.05. The van der Waals surface area contributed by atoms with E-state index in [2.05, 4.69) is 17.1 Å². The summed E-state index contributed by atoms with van der Waals surface area (Å²) in [6, 6.07) is 1.42. The number of likely N-dealkylation sites (tertiary alicyclic amines) is 1. The minimum absolute atomic E-state index is 0.489. The Morgan fingerprint density at radius 3 is 2.47 bits per heavy atom. The largest absolute Gasteiger partial charge is 0.383 e. The number of ether oxygens (including phenoxy) is 1. The highest BCUT2D eigenvalue weighted by atomic mass is 16.5. The van der Waals surface area contributed by atoms with Crippen LogP contribution in [0.2, 0.25) is 0 Å². The summed E-state index contributed by atoms with van der Waals surface area (Å²) in [4.78, 5) is 2.77. The lowest BCUT2D eigenvalue weighted by atomic mass is 9.92. The van der Waals surface area contributed by atoms with Gasteiger partial charge >= 0.3 is 0 Å². The number of methoxy groups -OCH3 is 1.